The molecule has 0 aliphatic carbocycles. The normalized spacial score (nSPS) is 14.0. The molecule has 0 aromatic heterocycles. The lowest BCUT2D eigenvalue weighted by molar-refractivity contribution is 0.286. The van der Waals surface area contributed by atoms with Crippen molar-refractivity contribution in [3.05, 3.63) is 30.3 Å². The Morgan fingerprint density at radius 1 is 1.38 bits per heavy atom. The summed E-state index contributed by atoms with van der Waals surface area (Å²) in [6.45, 7) is -1.78. The van der Waals surface area contributed by atoms with E-state index in [1.165, 1.54) is 0 Å². The van der Waals surface area contributed by atoms with E-state index >= 15 is 0 Å². The highest BCUT2D eigenvalue weighted by Gasteiger charge is 2.19. The van der Waals surface area contributed by atoms with Gasteiger partial charge in [0.05, 0.1) is 6.61 Å². The minimum atomic E-state index is -2.33. The van der Waals surface area contributed by atoms with Crippen molar-refractivity contribution in [2.45, 2.75) is 12.8 Å². The third-order valence-corrected chi connectivity index (χ3v) is 5.37. The van der Waals surface area contributed by atoms with E-state index in [0.29, 0.717) is 13.0 Å². The Balaban J connectivity index is 2.65. The SMILES string of the molecule is C#CCCCOP(=S)(OC)c1ccccc1. The summed E-state index contributed by atoms with van der Waals surface area (Å²) in [5.41, 5.74) is 0. The summed E-state index contributed by atoms with van der Waals surface area (Å²) in [6, 6.07) is 9.68. The fourth-order valence-corrected chi connectivity index (χ4v) is 3.16. The minimum absolute atomic E-state index is 0.546. The van der Waals surface area contributed by atoms with Gasteiger partial charge < -0.3 is 9.05 Å². The molecule has 2 nitrogen and oxygen atoms in total. The van der Waals surface area contributed by atoms with Crippen molar-refractivity contribution in [2.75, 3.05) is 13.7 Å². The molecule has 0 aliphatic rings. The molecule has 0 amide bonds. The standard InChI is InChI=1S/C12H15O2PS/c1-3-4-8-11-14-15(16,13-2)12-9-6-5-7-10-12/h1,5-7,9-10H,4,8,11H2,2H3. The van der Waals surface area contributed by atoms with Crippen LogP contribution in [-0.4, -0.2) is 13.7 Å². The third kappa shape index (κ3) is 3.73. The van der Waals surface area contributed by atoms with E-state index in [-0.39, 0.29) is 0 Å². The second-order valence-corrected chi connectivity index (χ2v) is 6.73. The summed E-state index contributed by atoms with van der Waals surface area (Å²) in [5.74, 6) is 2.57. The molecule has 86 valence electrons. The molecule has 16 heavy (non-hydrogen) atoms. The molecule has 0 saturated carbocycles. The van der Waals surface area contributed by atoms with Gasteiger partial charge in [0.2, 0.25) is 6.49 Å². The molecule has 1 atom stereocenters. The smallest absolute Gasteiger partial charge is 0.219 e. The van der Waals surface area contributed by atoms with Gasteiger partial charge in [0.25, 0.3) is 0 Å². The molecule has 0 saturated heterocycles. The van der Waals surface area contributed by atoms with Crippen molar-refractivity contribution in [1.29, 1.82) is 0 Å². The van der Waals surface area contributed by atoms with Gasteiger partial charge in [0.15, 0.2) is 0 Å². The molecule has 1 rings (SSSR count). The lowest BCUT2D eigenvalue weighted by Gasteiger charge is -2.20. The molecule has 0 fully saturated rings. The topological polar surface area (TPSA) is 18.5 Å². The summed E-state index contributed by atoms with van der Waals surface area (Å²) in [4.78, 5) is 0. The molecule has 0 bridgehead atoms. The molecule has 0 aliphatic heterocycles. The Bertz CT molecular complexity index is 397. The third-order valence-electron chi connectivity index (χ3n) is 2.04. The van der Waals surface area contributed by atoms with Crippen LogP contribution in [0, 0.1) is 12.3 Å². The molecular weight excluding hydrogens is 239 g/mol. The van der Waals surface area contributed by atoms with Crippen LogP contribution in [0.15, 0.2) is 30.3 Å². The quantitative estimate of drug-likeness (QED) is 0.442. The first-order valence-corrected chi connectivity index (χ1v) is 7.66. The van der Waals surface area contributed by atoms with Crippen LogP contribution in [0.3, 0.4) is 0 Å². The van der Waals surface area contributed by atoms with Crippen LogP contribution in [0.2, 0.25) is 0 Å². The van der Waals surface area contributed by atoms with Crippen molar-refractivity contribution >= 4 is 23.6 Å². The maximum atomic E-state index is 5.68. The van der Waals surface area contributed by atoms with E-state index in [0.717, 1.165) is 11.7 Å². The van der Waals surface area contributed by atoms with Crippen molar-refractivity contribution < 1.29 is 9.05 Å². The highest BCUT2D eigenvalue weighted by molar-refractivity contribution is 8.13. The molecule has 0 spiro atoms. The van der Waals surface area contributed by atoms with Crippen LogP contribution in [0.1, 0.15) is 12.8 Å². The van der Waals surface area contributed by atoms with Gasteiger partial charge in [0, 0.05) is 18.8 Å². The number of unbranched alkanes of at least 4 members (excludes halogenated alkanes) is 1. The lowest BCUT2D eigenvalue weighted by atomic mass is 10.3. The van der Waals surface area contributed by atoms with E-state index in [2.05, 4.69) is 5.92 Å². The van der Waals surface area contributed by atoms with Gasteiger partial charge in [-0.2, -0.15) is 0 Å². The Kier molecular flexibility index (Phi) is 5.73. The zero-order valence-electron chi connectivity index (χ0n) is 9.26. The minimum Gasteiger partial charge on any atom is -0.329 e. The monoisotopic (exact) mass is 254 g/mol. The van der Waals surface area contributed by atoms with Gasteiger partial charge >= 0.3 is 0 Å². The van der Waals surface area contributed by atoms with Gasteiger partial charge in [0.1, 0.15) is 0 Å². The summed E-state index contributed by atoms with van der Waals surface area (Å²) in [5, 5.41) is 0.938. The first-order valence-electron chi connectivity index (χ1n) is 5.02. The van der Waals surface area contributed by atoms with Gasteiger partial charge in [-0.25, -0.2) is 0 Å². The van der Waals surface area contributed by atoms with Gasteiger partial charge in [-0.3, -0.25) is 0 Å². The van der Waals surface area contributed by atoms with Crippen molar-refractivity contribution in [1.82, 2.24) is 0 Å². The van der Waals surface area contributed by atoms with E-state index in [9.17, 15) is 0 Å². The summed E-state index contributed by atoms with van der Waals surface area (Å²) in [6.07, 6.45) is 6.68. The molecule has 0 heterocycles. The van der Waals surface area contributed by atoms with Crippen molar-refractivity contribution in [2.24, 2.45) is 0 Å². The van der Waals surface area contributed by atoms with Crippen LogP contribution in [0.25, 0.3) is 0 Å². The van der Waals surface area contributed by atoms with Crippen molar-refractivity contribution in [3.8, 4) is 12.3 Å². The highest BCUT2D eigenvalue weighted by atomic mass is 32.5. The predicted molar refractivity (Wildman–Crippen MR) is 71.4 cm³/mol. The number of hydrogen-bond acceptors (Lipinski definition) is 3. The molecule has 1 aromatic carbocycles. The van der Waals surface area contributed by atoms with Crippen LogP contribution in [0.4, 0.5) is 0 Å². The summed E-state index contributed by atoms with van der Waals surface area (Å²) < 4.78 is 11.0. The Labute approximate surface area is 102 Å². The van der Waals surface area contributed by atoms with Gasteiger partial charge in [-0.1, -0.05) is 18.2 Å². The Hall–Kier alpha value is -0.650. The Morgan fingerprint density at radius 2 is 2.06 bits per heavy atom. The van der Waals surface area contributed by atoms with E-state index in [1.54, 1.807) is 7.11 Å². The number of hydrogen-bond donors (Lipinski definition) is 0. The average molecular weight is 254 g/mol. The van der Waals surface area contributed by atoms with Gasteiger partial charge in [-0.05, 0) is 30.4 Å². The van der Waals surface area contributed by atoms with Crippen LogP contribution in [0.5, 0.6) is 0 Å². The van der Waals surface area contributed by atoms with E-state index < -0.39 is 6.49 Å². The van der Waals surface area contributed by atoms with Crippen molar-refractivity contribution in [3.63, 3.8) is 0 Å². The molecule has 0 N–H and O–H groups in total. The maximum absolute atomic E-state index is 5.68. The molecular formula is C12H15O2PS. The largest absolute Gasteiger partial charge is 0.329 e. The average Bonchev–Trinajstić information content (AvgIpc) is 2.35. The molecule has 0 radical (unpaired) electrons. The van der Waals surface area contributed by atoms with Crippen LogP contribution < -0.4 is 5.30 Å². The number of rotatable bonds is 6. The van der Waals surface area contributed by atoms with Crippen LogP contribution >= 0.6 is 6.49 Å². The summed E-state index contributed by atoms with van der Waals surface area (Å²) in [7, 11) is 1.59. The van der Waals surface area contributed by atoms with E-state index in [1.807, 2.05) is 30.3 Å². The first kappa shape index (κ1) is 13.4. The molecule has 1 aromatic rings. The number of benzene rings is 1. The second-order valence-electron chi connectivity index (χ2n) is 3.16. The number of terminal acetylenes is 1. The van der Waals surface area contributed by atoms with E-state index in [4.69, 9.17) is 27.3 Å². The predicted octanol–water partition coefficient (Wildman–Crippen LogP) is 2.70. The van der Waals surface area contributed by atoms with Crippen LogP contribution in [-0.2, 0) is 20.9 Å². The molecule has 1 unspecified atom stereocenters. The summed E-state index contributed by atoms with van der Waals surface area (Å²) >= 11 is 5.43. The molecule has 4 heteroatoms. The maximum Gasteiger partial charge on any atom is 0.219 e. The first-order chi connectivity index (χ1) is 7.73. The second kappa shape index (κ2) is 6.83. The highest BCUT2D eigenvalue weighted by Crippen LogP contribution is 2.46. The fourth-order valence-electron chi connectivity index (χ4n) is 1.20. The van der Waals surface area contributed by atoms with Gasteiger partial charge in [-0.15, -0.1) is 12.3 Å². The lowest BCUT2D eigenvalue weighted by Crippen LogP contribution is -2.08. The fraction of sp³-hybridized carbons (Fsp3) is 0.333. The zero-order chi connectivity index (χ0) is 11.9. The zero-order valence-corrected chi connectivity index (χ0v) is 11.0. The Morgan fingerprint density at radius 3 is 2.62 bits per heavy atom.